The largest absolute Gasteiger partial charge is 0.493 e. The summed E-state index contributed by atoms with van der Waals surface area (Å²) in [6.07, 6.45) is 1.25. The van der Waals surface area contributed by atoms with Crippen molar-refractivity contribution in [3.63, 3.8) is 0 Å². The molecule has 4 aromatic rings. The highest BCUT2D eigenvalue weighted by molar-refractivity contribution is 6.06. The second kappa shape index (κ2) is 9.68. The number of hydrogen-bond donors (Lipinski definition) is 2. The number of carboxylic acids is 1. The van der Waals surface area contributed by atoms with Gasteiger partial charge < -0.3 is 24.5 Å². The molecule has 2 N–H and O–H groups in total. The Hall–Kier alpha value is -4.66. The molecule has 0 aliphatic rings. The van der Waals surface area contributed by atoms with Gasteiger partial charge >= 0.3 is 5.97 Å². The molecule has 0 fully saturated rings. The van der Waals surface area contributed by atoms with E-state index in [4.69, 9.17) is 9.47 Å². The van der Waals surface area contributed by atoms with Crippen molar-refractivity contribution in [2.24, 2.45) is 0 Å². The summed E-state index contributed by atoms with van der Waals surface area (Å²) in [6.45, 7) is 0.203. The number of carboxylic acid groups (broad SMARTS) is 1. The molecule has 0 atom stereocenters. The number of amides is 1. The minimum absolute atomic E-state index is 0.0759. The standard InChI is InChI=1S/C26H21FN2O6/c1-34-22-10-8-18(12-23(22)35-2)28-25(31)16-5-9-21-19(11-16)24(30)20(26(32)33)14-29(21)13-15-3-6-17(27)7-4-15/h3-12,14H,13H2,1-2H3,(H,28,31)(H,32,33). The second-order valence-electron chi connectivity index (χ2n) is 7.69. The number of hydrogen-bond acceptors (Lipinski definition) is 5. The van der Waals surface area contributed by atoms with Crippen molar-refractivity contribution in [2.75, 3.05) is 19.5 Å². The molecule has 0 unspecified atom stereocenters. The van der Waals surface area contributed by atoms with Crippen molar-refractivity contribution in [3.8, 4) is 11.5 Å². The Bertz CT molecular complexity index is 1490. The van der Waals surface area contributed by atoms with E-state index in [0.717, 1.165) is 0 Å². The molecule has 1 amide bonds. The topological polar surface area (TPSA) is 107 Å². The third-order valence-corrected chi connectivity index (χ3v) is 5.48. The Morgan fingerprint density at radius 3 is 2.34 bits per heavy atom. The Kier molecular flexibility index (Phi) is 6.50. The van der Waals surface area contributed by atoms with Crippen LogP contribution in [-0.2, 0) is 6.54 Å². The third-order valence-electron chi connectivity index (χ3n) is 5.48. The highest BCUT2D eigenvalue weighted by Gasteiger charge is 2.17. The lowest BCUT2D eigenvalue weighted by Gasteiger charge is -2.14. The summed E-state index contributed by atoms with van der Waals surface area (Å²) in [4.78, 5) is 37.5. The van der Waals surface area contributed by atoms with E-state index in [1.54, 1.807) is 47.0 Å². The summed E-state index contributed by atoms with van der Waals surface area (Å²) in [5.41, 5.74) is 0.622. The first kappa shape index (κ1) is 23.5. The molecular formula is C26H21FN2O6. The molecule has 8 nitrogen and oxygen atoms in total. The number of nitrogens with zero attached hydrogens (tertiary/aromatic N) is 1. The number of aromatic nitrogens is 1. The van der Waals surface area contributed by atoms with E-state index >= 15 is 0 Å². The lowest BCUT2D eigenvalue weighted by atomic mass is 10.1. The minimum atomic E-state index is -1.38. The molecule has 1 aromatic heterocycles. The number of ether oxygens (including phenoxy) is 2. The van der Waals surface area contributed by atoms with Gasteiger partial charge in [0.15, 0.2) is 11.5 Å². The number of rotatable bonds is 7. The van der Waals surface area contributed by atoms with Gasteiger partial charge in [-0.3, -0.25) is 9.59 Å². The van der Waals surface area contributed by atoms with E-state index in [0.29, 0.717) is 28.3 Å². The van der Waals surface area contributed by atoms with Crippen molar-refractivity contribution in [1.82, 2.24) is 4.57 Å². The van der Waals surface area contributed by atoms with Gasteiger partial charge in [-0.25, -0.2) is 9.18 Å². The maximum absolute atomic E-state index is 13.3. The second-order valence-corrected chi connectivity index (χ2v) is 7.69. The quantitative estimate of drug-likeness (QED) is 0.415. The molecule has 178 valence electrons. The van der Waals surface area contributed by atoms with E-state index < -0.39 is 28.7 Å². The van der Waals surface area contributed by atoms with Gasteiger partial charge in [-0.05, 0) is 48.0 Å². The van der Waals surface area contributed by atoms with Crippen LogP contribution in [0.3, 0.4) is 0 Å². The molecule has 0 aliphatic carbocycles. The lowest BCUT2D eigenvalue weighted by Crippen LogP contribution is -2.20. The Balaban J connectivity index is 1.73. The maximum Gasteiger partial charge on any atom is 0.341 e. The molecular weight excluding hydrogens is 455 g/mol. The summed E-state index contributed by atoms with van der Waals surface area (Å²) in [5, 5.41) is 12.4. The minimum Gasteiger partial charge on any atom is -0.493 e. The van der Waals surface area contributed by atoms with E-state index in [1.165, 1.54) is 38.6 Å². The predicted molar refractivity (Wildman–Crippen MR) is 128 cm³/mol. The Morgan fingerprint density at radius 1 is 0.971 bits per heavy atom. The molecule has 9 heteroatoms. The van der Waals surface area contributed by atoms with E-state index in [1.807, 2.05) is 0 Å². The van der Waals surface area contributed by atoms with E-state index in [9.17, 15) is 23.9 Å². The van der Waals surface area contributed by atoms with E-state index in [-0.39, 0.29) is 17.5 Å². The monoisotopic (exact) mass is 476 g/mol. The van der Waals surface area contributed by atoms with Crippen molar-refractivity contribution < 1.29 is 28.6 Å². The number of nitrogens with one attached hydrogen (secondary N) is 1. The van der Waals surface area contributed by atoms with Gasteiger partial charge in [-0.1, -0.05) is 12.1 Å². The molecule has 0 spiro atoms. The van der Waals surface area contributed by atoms with Crippen LogP contribution >= 0.6 is 0 Å². The molecule has 0 bridgehead atoms. The van der Waals surface area contributed by atoms with Crippen LogP contribution in [0.5, 0.6) is 11.5 Å². The Labute approximate surface area is 199 Å². The Morgan fingerprint density at radius 2 is 1.69 bits per heavy atom. The van der Waals surface area contributed by atoms with Crippen LogP contribution in [0.4, 0.5) is 10.1 Å². The van der Waals surface area contributed by atoms with Gasteiger partial charge in [0.25, 0.3) is 5.91 Å². The number of pyridine rings is 1. The predicted octanol–water partition coefficient (Wildman–Crippen LogP) is 4.16. The van der Waals surface area contributed by atoms with Crippen LogP contribution in [0.2, 0.25) is 0 Å². The fourth-order valence-corrected chi connectivity index (χ4v) is 3.73. The molecule has 0 radical (unpaired) electrons. The number of fused-ring (bicyclic) bond motifs is 1. The molecule has 0 aliphatic heterocycles. The summed E-state index contributed by atoms with van der Waals surface area (Å²) < 4.78 is 25.3. The zero-order valence-electron chi connectivity index (χ0n) is 18.9. The maximum atomic E-state index is 13.3. The molecule has 3 aromatic carbocycles. The number of carbonyl (C=O) groups is 2. The van der Waals surface area contributed by atoms with E-state index in [2.05, 4.69) is 5.32 Å². The number of aromatic carboxylic acids is 1. The van der Waals surface area contributed by atoms with Gasteiger partial charge in [0, 0.05) is 35.4 Å². The van der Waals surface area contributed by atoms with Crippen LogP contribution in [0.25, 0.3) is 10.9 Å². The number of halogens is 1. The van der Waals surface area contributed by atoms with Crippen LogP contribution in [0.1, 0.15) is 26.3 Å². The molecule has 0 saturated carbocycles. The average molecular weight is 476 g/mol. The van der Waals surface area contributed by atoms with Gasteiger partial charge in [-0.15, -0.1) is 0 Å². The first-order valence-electron chi connectivity index (χ1n) is 10.5. The molecule has 0 saturated heterocycles. The zero-order chi connectivity index (χ0) is 25.1. The first-order chi connectivity index (χ1) is 16.8. The fraction of sp³-hybridized carbons (Fsp3) is 0.115. The van der Waals surface area contributed by atoms with Gasteiger partial charge in [0.2, 0.25) is 5.43 Å². The summed E-state index contributed by atoms with van der Waals surface area (Å²) in [6, 6.07) is 15.1. The van der Waals surface area contributed by atoms with Gasteiger partial charge in [-0.2, -0.15) is 0 Å². The van der Waals surface area contributed by atoms with Crippen molar-refractivity contribution in [3.05, 3.63) is 99.6 Å². The smallest absolute Gasteiger partial charge is 0.341 e. The molecule has 35 heavy (non-hydrogen) atoms. The van der Waals surface area contributed by atoms with Gasteiger partial charge in [0.1, 0.15) is 11.4 Å². The van der Waals surface area contributed by atoms with Crippen molar-refractivity contribution >= 4 is 28.5 Å². The summed E-state index contributed by atoms with van der Waals surface area (Å²) in [7, 11) is 2.98. The van der Waals surface area contributed by atoms with Crippen molar-refractivity contribution in [2.45, 2.75) is 6.54 Å². The van der Waals surface area contributed by atoms with Crippen LogP contribution < -0.4 is 20.2 Å². The van der Waals surface area contributed by atoms with Crippen LogP contribution in [0.15, 0.2) is 71.7 Å². The lowest BCUT2D eigenvalue weighted by molar-refractivity contribution is 0.0694. The number of anilines is 1. The SMILES string of the molecule is COc1ccc(NC(=O)c2ccc3c(c2)c(=O)c(C(=O)O)cn3Cc2ccc(F)cc2)cc1OC. The number of carbonyl (C=O) groups excluding carboxylic acids is 1. The zero-order valence-corrected chi connectivity index (χ0v) is 18.9. The highest BCUT2D eigenvalue weighted by Crippen LogP contribution is 2.30. The normalized spacial score (nSPS) is 10.7. The number of methoxy groups -OCH3 is 2. The van der Waals surface area contributed by atoms with Crippen molar-refractivity contribution in [1.29, 1.82) is 0 Å². The van der Waals surface area contributed by atoms with Gasteiger partial charge in [0.05, 0.1) is 19.7 Å². The molecule has 1 heterocycles. The summed E-state index contributed by atoms with van der Waals surface area (Å²) >= 11 is 0. The van der Waals surface area contributed by atoms with Crippen LogP contribution in [-0.4, -0.2) is 35.8 Å². The highest BCUT2D eigenvalue weighted by atomic mass is 19.1. The number of benzene rings is 3. The fourth-order valence-electron chi connectivity index (χ4n) is 3.73. The third kappa shape index (κ3) is 4.84. The first-order valence-corrected chi connectivity index (χ1v) is 10.5. The van der Waals surface area contributed by atoms with Crippen LogP contribution in [0, 0.1) is 5.82 Å². The molecule has 4 rings (SSSR count). The average Bonchev–Trinajstić information content (AvgIpc) is 2.86. The summed E-state index contributed by atoms with van der Waals surface area (Å²) in [5.74, 6) is -1.35.